The number of rotatable bonds is 1. The van der Waals surface area contributed by atoms with Crippen LogP contribution in [-0.4, -0.2) is 11.7 Å². The fraction of sp³-hybridized carbons (Fsp3) is 1.00. The van der Waals surface area contributed by atoms with Crippen LogP contribution in [0.4, 0.5) is 0 Å². The number of halogens is 1. The Morgan fingerprint density at radius 1 is 1.50 bits per heavy atom. The Labute approximate surface area is 55.8 Å². The summed E-state index contributed by atoms with van der Waals surface area (Å²) in [5.74, 6) is 0.440. The van der Waals surface area contributed by atoms with Gasteiger partial charge < -0.3 is 5.11 Å². The van der Waals surface area contributed by atoms with Gasteiger partial charge in [0, 0.05) is 6.61 Å². The Morgan fingerprint density at radius 2 is 1.67 bits per heavy atom. The standard InChI is InChI=1S/C4H10O.HI/c1-4(2)3-5;/h4-5H,3H2,1-2H3;1H. The maximum atomic E-state index is 8.14. The molecule has 0 fully saturated rings. The molecule has 0 saturated heterocycles. The molecule has 0 atom stereocenters. The normalized spacial score (nSPS) is 8.00. The van der Waals surface area contributed by atoms with Gasteiger partial charge in [-0.3, -0.25) is 0 Å². The molecule has 0 aliphatic rings. The maximum absolute atomic E-state index is 8.14. The summed E-state index contributed by atoms with van der Waals surface area (Å²) < 4.78 is 0. The van der Waals surface area contributed by atoms with Crippen LogP contribution in [0.2, 0.25) is 0 Å². The first-order chi connectivity index (χ1) is 2.27. The second-order valence-electron chi connectivity index (χ2n) is 1.58. The molecule has 2 heteroatoms. The highest BCUT2D eigenvalue weighted by Crippen LogP contribution is 1.83. The first-order valence-corrected chi connectivity index (χ1v) is 1.88. The van der Waals surface area contributed by atoms with Crippen LogP contribution in [0.5, 0.6) is 0 Å². The molecular formula is C4H11IO. The lowest BCUT2D eigenvalue weighted by Crippen LogP contribution is -1.90. The van der Waals surface area contributed by atoms with Gasteiger partial charge in [-0.25, -0.2) is 0 Å². The van der Waals surface area contributed by atoms with E-state index >= 15 is 0 Å². The van der Waals surface area contributed by atoms with Crippen LogP contribution in [0.15, 0.2) is 0 Å². The predicted octanol–water partition coefficient (Wildman–Crippen LogP) is 1.25. The molecule has 0 aliphatic heterocycles. The lowest BCUT2D eigenvalue weighted by Gasteiger charge is -1.90. The van der Waals surface area contributed by atoms with E-state index in [1.165, 1.54) is 0 Å². The van der Waals surface area contributed by atoms with Crippen molar-refractivity contribution in [1.82, 2.24) is 0 Å². The van der Waals surface area contributed by atoms with Crippen molar-refractivity contribution in [2.75, 3.05) is 6.61 Å². The fourth-order valence-corrected chi connectivity index (χ4v) is 0. The summed E-state index contributed by atoms with van der Waals surface area (Å²) in [6.45, 7) is 4.25. The highest BCUT2D eigenvalue weighted by atomic mass is 127. The summed E-state index contributed by atoms with van der Waals surface area (Å²) in [6.07, 6.45) is 0. The molecule has 40 valence electrons. The molecule has 0 radical (unpaired) electrons. The molecule has 0 unspecified atom stereocenters. The van der Waals surface area contributed by atoms with E-state index in [0.717, 1.165) is 0 Å². The third-order valence-electron chi connectivity index (χ3n) is 0.365. The van der Waals surface area contributed by atoms with Crippen LogP contribution in [-0.2, 0) is 0 Å². The summed E-state index contributed by atoms with van der Waals surface area (Å²) >= 11 is 0. The van der Waals surface area contributed by atoms with Crippen LogP contribution in [0.3, 0.4) is 0 Å². The molecule has 0 heterocycles. The Hall–Kier alpha value is 0.690. The van der Waals surface area contributed by atoms with E-state index in [-0.39, 0.29) is 24.0 Å². The van der Waals surface area contributed by atoms with Gasteiger partial charge in [-0.2, -0.15) is 0 Å². The van der Waals surface area contributed by atoms with Gasteiger partial charge in [-0.05, 0) is 5.92 Å². The van der Waals surface area contributed by atoms with Crippen LogP contribution in [0.25, 0.3) is 0 Å². The smallest absolute Gasteiger partial charge is 0.0453 e. The average Bonchev–Trinajstić information content (AvgIpc) is 1.38. The molecule has 0 aromatic carbocycles. The molecular weight excluding hydrogens is 191 g/mol. The third kappa shape index (κ3) is 8.83. The summed E-state index contributed by atoms with van der Waals surface area (Å²) in [5.41, 5.74) is 0. The molecule has 6 heavy (non-hydrogen) atoms. The van der Waals surface area contributed by atoms with Crippen LogP contribution >= 0.6 is 24.0 Å². The van der Waals surface area contributed by atoms with Gasteiger partial charge in [-0.1, -0.05) is 13.8 Å². The molecule has 0 amide bonds. The molecule has 0 aliphatic carbocycles. The van der Waals surface area contributed by atoms with Crippen molar-refractivity contribution < 1.29 is 5.11 Å². The Morgan fingerprint density at radius 3 is 1.67 bits per heavy atom. The Balaban J connectivity index is 0. The molecule has 0 saturated carbocycles. The van der Waals surface area contributed by atoms with E-state index in [1.807, 2.05) is 13.8 Å². The SMILES string of the molecule is CC(C)CO.I. The maximum Gasteiger partial charge on any atom is 0.0453 e. The lowest BCUT2D eigenvalue weighted by atomic mass is 10.2. The summed E-state index contributed by atoms with van der Waals surface area (Å²) in [4.78, 5) is 0. The molecule has 0 aromatic rings. The van der Waals surface area contributed by atoms with Gasteiger partial charge in [0.15, 0.2) is 0 Å². The fourth-order valence-electron chi connectivity index (χ4n) is 0. The van der Waals surface area contributed by atoms with Gasteiger partial charge >= 0.3 is 0 Å². The second-order valence-corrected chi connectivity index (χ2v) is 1.58. The first kappa shape index (κ1) is 9.85. The van der Waals surface area contributed by atoms with Gasteiger partial charge in [-0.15, -0.1) is 24.0 Å². The topological polar surface area (TPSA) is 20.2 Å². The number of hydrogen-bond acceptors (Lipinski definition) is 1. The number of aliphatic hydroxyl groups excluding tert-OH is 1. The predicted molar refractivity (Wildman–Crippen MR) is 37.3 cm³/mol. The van der Waals surface area contributed by atoms with Crippen molar-refractivity contribution in [2.24, 2.45) is 5.92 Å². The van der Waals surface area contributed by atoms with Crippen molar-refractivity contribution in [1.29, 1.82) is 0 Å². The van der Waals surface area contributed by atoms with Crippen LogP contribution in [0.1, 0.15) is 13.8 Å². The zero-order valence-electron chi connectivity index (χ0n) is 4.14. The highest BCUT2D eigenvalue weighted by molar-refractivity contribution is 14.0. The monoisotopic (exact) mass is 202 g/mol. The zero-order chi connectivity index (χ0) is 4.28. The van der Waals surface area contributed by atoms with E-state index in [2.05, 4.69) is 0 Å². The van der Waals surface area contributed by atoms with E-state index in [1.54, 1.807) is 0 Å². The van der Waals surface area contributed by atoms with E-state index in [0.29, 0.717) is 12.5 Å². The third-order valence-corrected chi connectivity index (χ3v) is 0.365. The molecule has 0 aromatic heterocycles. The van der Waals surface area contributed by atoms with Gasteiger partial charge in [0.25, 0.3) is 0 Å². The van der Waals surface area contributed by atoms with Gasteiger partial charge in [0.05, 0.1) is 0 Å². The van der Waals surface area contributed by atoms with Crippen molar-refractivity contribution in [2.45, 2.75) is 13.8 Å². The molecule has 0 spiro atoms. The number of aliphatic hydroxyl groups is 1. The van der Waals surface area contributed by atoms with Gasteiger partial charge in [0.1, 0.15) is 0 Å². The molecule has 1 nitrogen and oxygen atoms in total. The minimum absolute atomic E-state index is 0. The summed E-state index contributed by atoms with van der Waals surface area (Å²) in [5, 5.41) is 8.14. The second kappa shape index (κ2) is 5.69. The quantitative estimate of drug-likeness (QED) is 0.634. The van der Waals surface area contributed by atoms with Crippen LogP contribution < -0.4 is 0 Å². The van der Waals surface area contributed by atoms with Crippen molar-refractivity contribution in [3.8, 4) is 0 Å². The van der Waals surface area contributed by atoms with Crippen molar-refractivity contribution >= 4 is 24.0 Å². The molecule has 1 N–H and O–H groups in total. The summed E-state index contributed by atoms with van der Waals surface area (Å²) in [7, 11) is 0. The highest BCUT2D eigenvalue weighted by Gasteiger charge is 1.81. The van der Waals surface area contributed by atoms with Crippen molar-refractivity contribution in [3.63, 3.8) is 0 Å². The van der Waals surface area contributed by atoms with E-state index < -0.39 is 0 Å². The zero-order valence-corrected chi connectivity index (χ0v) is 6.47. The van der Waals surface area contributed by atoms with Crippen molar-refractivity contribution in [3.05, 3.63) is 0 Å². The van der Waals surface area contributed by atoms with E-state index in [9.17, 15) is 0 Å². The minimum Gasteiger partial charge on any atom is -0.396 e. The van der Waals surface area contributed by atoms with Gasteiger partial charge in [0.2, 0.25) is 0 Å². The molecule has 0 bridgehead atoms. The lowest BCUT2D eigenvalue weighted by molar-refractivity contribution is 0.248. The number of hydrogen-bond donors (Lipinski definition) is 1. The average molecular weight is 202 g/mol. The summed E-state index contributed by atoms with van der Waals surface area (Å²) in [6, 6.07) is 0. The van der Waals surface area contributed by atoms with Crippen LogP contribution in [0, 0.1) is 5.92 Å². The first-order valence-electron chi connectivity index (χ1n) is 1.88. The Kier molecular flexibility index (Phi) is 9.34. The largest absolute Gasteiger partial charge is 0.396 e. The molecule has 0 rings (SSSR count). The minimum atomic E-state index is 0. The van der Waals surface area contributed by atoms with E-state index in [4.69, 9.17) is 5.11 Å². The Bertz CT molecular complexity index is 21.5.